The SMILES string of the molecule is CNC(c1cc(Cl)c(OC)c(OC)c1)c1sccc1Cl. The topological polar surface area (TPSA) is 30.5 Å². The molecule has 0 spiro atoms. The number of rotatable bonds is 5. The van der Waals surface area contributed by atoms with Crippen LogP contribution in [0.4, 0.5) is 0 Å². The Labute approximate surface area is 132 Å². The number of hydrogen-bond acceptors (Lipinski definition) is 4. The summed E-state index contributed by atoms with van der Waals surface area (Å²) in [5, 5.41) is 6.46. The zero-order valence-electron chi connectivity index (χ0n) is 11.4. The number of methoxy groups -OCH3 is 2. The quantitative estimate of drug-likeness (QED) is 0.881. The van der Waals surface area contributed by atoms with Crippen LogP contribution in [0.3, 0.4) is 0 Å². The van der Waals surface area contributed by atoms with Gasteiger partial charge in [-0.15, -0.1) is 11.3 Å². The Hall–Kier alpha value is -0.940. The maximum Gasteiger partial charge on any atom is 0.179 e. The molecule has 1 heterocycles. The summed E-state index contributed by atoms with van der Waals surface area (Å²) in [4.78, 5) is 1.04. The monoisotopic (exact) mass is 331 g/mol. The third-order valence-electron chi connectivity index (χ3n) is 2.98. The van der Waals surface area contributed by atoms with Gasteiger partial charge in [0.05, 0.1) is 30.3 Å². The lowest BCUT2D eigenvalue weighted by molar-refractivity contribution is 0.354. The summed E-state index contributed by atoms with van der Waals surface area (Å²) in [6.45, 7) is 0. The number of thiophene rings is 1. The summed E-state index contributed by atoms with van der Waals surface area (Å²) in [5.74, 6) is 1.13. The molecule has 0 fully saturated rings. The number of hydrogen-bond donors (Lipinski definition) is 1. The largest absolute Gasteiger partial charge is 0.493 e. The van der Waals surface area contributed by atoms with E-state index in [0.717, 1.165) is 15.5 Å². The molecule has 1 aromatic carbocycles. The molecule has 1 unspecified atom stereocenters. The van der Waals surface area contributed by atoms with Crippen molar-refractivity contribution in [2.24, 2.45) is 0 Å². The Morgan fingerprint density at radius 1 is 1.15 bits per heavy atom. The van der Waals surface area contributed by atoms with Crippen molar-refractivity contribution in [2.45, 2.75) is 6.04 Å². The highest BCUT2D eigenvalue weighted by Gasteiger charge is 2.20. The van der Waals surface area contributed by atoms with Gasteiger partial charge >= 0.3 is 0 Å². The lowest BCUT2D eigenvalue weighted by atomic mass is 10.0. The lowest BCUT2D eigenvalue weighted by Crippen LogP contribution is -2.17. The van der Waals surface area contributed by atoms with Crippen LogP contribution in [0.25, 0.3) is 0 Å². The van der Waals surface area contributed by atoms with E-state index in [2.05, 4.69) is 5.32 Å². The third kappa shape index (κ3) is 2.88. The molecule has 0 radical (unpaired) electrons. The summed E-state index contributed by atoms with van der Waals surface area (Å²) < 4.78 is 10.6. The molecule has 0 amide bonds. The normalized spacial score (nSPS) is 12.2. The van der Waals surface area contributed by atoms with Gasteiger partial charge in [0.1, 0.15) is 0 Å². The summed E-state index contributed by atoms with van der Waals surface area (Å²) >= 11 is 14.1. The number of benzene rings is 1. The van der Waals surface area contributed by atoms with E-state index in [1.165, 1.54) is 0 Å². The zero-order chi connectivity index (χ0) is 14.7. The maximum atomic E-state index is 6.25. The van der Waals surface area contributed by atoms with E-state index in [1.54, 1.807) is 25.6 Å². The number of ether oxygens (including phenoxy) is 2. The van der Waals surface area contributed by atoms with E-state index >= 15 is 0 Å². The highest BCUT2D eigenvalue weighted by atomic mass is 35.5. The minimum atomic E-state index is -0.0418. The highest BCUT2D eigenvalue weighted by molar-refractivity contribution is 7.10. The molecule has 6 heteroatoms. The molecular weight excluding hydrogens is 317 g/mol. The minimum absolute atomic E-state index is 0.0418. The Morgan fingerprint density at radius 2 is 1.90 bits per heavy atom. The van der Waals surface area contributed by atoms with Crippen LogP contribution < -0.4 is 14.8 Å². The molecule has 0 saturated heterocycles. The fraction of sp³-hybridized carbons (Fsp3) is 0.286. The van der Waals surface area contributed by atoms with Crippen LogP contribution in [0.2, 0.25) is 10.0 Å². The second kappa shape index (κ2) is 6.68. The van der Waals surface area contributed by atoms with Gasteiger partial charge in [-0.1, -0.05) is 23.2 Å². The summed E-state index contributed by atoms with van der Waals surface area (Å²) in [6.07, 6.45) is 0. The second-order valence-corrected chi connectivity index (χ2v) is 5.85. The summed E-state index contributed by atoms with van der Waals surface area (Å²) in [5.41, 5.74) is 0.972. The standard InChI is InChI=1S/C14H15Cl2NO2S/c1-17-12(14-9(15)4-5-20-14)8-6-10(16)13(19-3)11(7-8)18-2/h4-7,12,17H,1-3H3. The van der Waals surface area contributed by atoms with Crippen LogP contribution in [-0.2, 0) is 0 Å². The van der Waals surface area contributed by atoms with Gasteiger partial charge in [-0.3, -0.25) is 0 Å². The molecule has 0 aliphatic rings. The smallest absolute Gasteiger partial charge is 0.179 e. The molecule has 1 atom stereocenters. The first-order valence-electron chi connectivity index (χ1n) is 5.94. The average Bonchev–Trinajstić information content (AvgIpc) is 2.85. The van der Waals surface area contributed by atoms with Crippen molar-refractivity contribution in [3.63, 3.8) is 0 Å². The fourth-order valence-corrected chi connectivity index (χ4v) is 3.66. The minimum Gasteiger partial charge on any atom is -0.493 e. The van der Waals surface area contributed by atoms with Crippen molar-refractivity contribution in [1.29, 1.82) is 0 Å². The maximum absolute atomic E-state index is 6.25. The van der Waals surface area contributed by atoms with E-state index in [9.17, 15) is 0 Å². The molecule has 0 aliphatic carbocycles. The van der Waals surface area contributed by atoms with Crippen LogP contribution in [0.1, 0.15) is 16.5 Å². The van der Waals surface area contributed by atoms with Crippen LogP contribution >= 0.6 is 34.5 Å². The average molecular weight is 332 g/mol. The summed E-state index contributed by atoms with van der Waals surface area (Å²) in [6, 6.07) is 5.61. The molecule has 0 aliphatic heterocycles. The van der Waals surface area contributed by atoms with Gasteiger partial charge in [0.2, 0.25) is 0 Å². The molecule has 1 aromatic heterocycles. The molecule has 1 N–H and O–H groups in total. The van der Waals surface area contributed by atoms with Crippen molar-refractivity contribution in [3.05, 3.63) is 44.1 Å². The van der Waals surface area contributed by atoms with Gasteiger partial charge in [-0.2, -0.15) is 0 Å². The first kappa shape index (κ1) is 15.4. The van der Waals surface area contributed by atoms with Crippen LogP contribution in [0, 0.1) is 0 Å². The van der Waals surface area contributed by atoms with E-state index in [1.807, 2.05) is 30.6 Å². The Bertz CT molecular complexity index is 601. The predicted molar refractivity (Wildman–Crippen MR) is 84.8 cm³/mol. The van der Waals surface area contributed by atoms with Crippen LogP contribution in [0.15, 0.2) is 23.6 Å². The first-order chi connectivity index (χ1) is 9.62. The fourth-order valence-electron chi connectivity index (χ4n) is 2.07. The molecule has 0 saturated carbocycles. The Kier molecular flexibility index (Phi) is 5.16. The van der Waals surface area contributed by atoms with Gasteiger partial charge in [0, 0.05) is 4.88 Å². The summed E-state index contributed by atoms with van der Waals surface area (Å²) in [7, 11) is 5.03. The lowest BCUT2D eigenvalue weighted by Gasteiger charge is -2.19. The molecule has 3 nitrogen and oxygen atoms in total. The van der Waals surface area contributed by atoms with E-state index < -0.39 is 0 Å². The van der Waals surface area contributed by atoms with Crippen molar-refractivity contribution >= 4 is 34.5 Å². The van der Waals surface area contributed by atoms with Crippen molar-refractivity contribution < 1.29 is 9.47 Å². The number of halogens is 2. The number of nitrogens with one attached hydrogen (secondary N) is 1. The molecule has 2 aromatic rings. The van der Waals surface area contributed by atoms with E-state index in [4.69, 9.17) is 32.7 Å². The van der Waals surface area contributed by atoms with Crippen molar-refractivity contribution in [2.75, 3.05) is 21.3 Å². The zero-order valence-corrected chi connectivity index (χ0v) is 13.7. The van der Waals surface area contributed by atoms with E-state index in [0.29, 0.717) is 16.5 Å². The Morgan fingerprint density at radius 3 is 2.40 bits per heavy atom. The predicted octanol–water partition coefficient (Wildman–Crippen LogP) is 4.38. The second-order valence-electron chi connectivity index (χ2n) is 4.09. The van der Waals surface area contributed by atoms with Gasteiger partial charge in [-0.25, -0.2) is 0 Å². The van der Waals surface area contributed by atoms with Gasteiger partial charge < -0.3 is 14.8 Å². The molecule has 0 bridgehead atoms. The van der Waals surface area contributed by atoms with Crippen molar-refractivity contribution in [3.8, 4) is 11.5 Å². The third-order valence-corrected chi connectivity index (χ3v) is 4.69. The van der Waals surface area contributed by atoms with E-state index in [-0.39, 0.29) is 6.04 Å². The molecule has 20 heavy (non-hydrogen) atoms. The molecular formula is C14H15Cl2NO2S. The van der Waals surface area contributed by atoms with Gasteiger partial charge in [-0.05, 0) is 36.2 Å². The molecule has 2 rings (SSSR count). The van der Waals surface area contributed by atoms with Crippen LogP contribution in [-0.4, -0.2) is 21.3 Å². The van der Waals surface area contributed by atoms with Crippen LogP contribution in [0.5, 0.6) is 11.5 Å². The first-order valence-corrected chi connectivity index (χ1v) is 7.57. The molecule has 108 valence electrons. The van der Waals surface area contributed by atoms with Gasteiger partial charge in [0.25, 0.3) is 0 Å². The highest BCUT2D eigenvalue weighted by Crippen LogP contribution is 2.40. The van der Waals surface area contributed by atoms with Crippen molar-refractivity contribution in [1.82, 2.24) is 5.32 Å². The Balaban J connectivity index is 2.51. The van der Waals surface area contributed by atoms with Gasteiger partial charge in [0.15, 0.2) is 11.5 Å².